The molecule has 116 valence electrons. The molecule has 0 spiro atoms. The molecule has 1 aliphatic heterocycles. The molecule has 21 heavy (non-hydrogen) atoms. The van der Waals surface area contributed by atoms with Crippen molar-refractivity contribution in [1.82, 2.24) is 9.80 Å². The van der Waals surface area contributed by atoms with Crippen LogP contribution in [0, 0.1) is 5.92 Å². The highest BCUT2D eigenvalue weighted by Crippen LogP contribution is 2.23. The fourth-order valence-corrected chi connectivity index (χ4v) is 3.36. The fraction of sp³-hybridized carbons (Fsp3) is 0.562. The van der Waals surface area contributed by atoms with Gasteiger partial charge < -0.3 is 4.90 Å². The molecule has 1 aromatic rings. The first-order valence-corrected chi connectivity index (χ1v) is 8.06. The summed E-state index contributed by atoms with van der Waals surface area (Å²) in [6, 6.07) is 5.05. The molecular weight excluding hydrogens is 307 g/mol. The van der Waals surface area contributed by atoms with Crippen LogP contribution in [0.2, 0.25) is 10.0 Å². The molecule has 0 amide bonds. The predicted molar refractivity (Wildman–Crippen MR) is 88.5 cm³/mol. The number of benzene rings is 1. The number of hydrogen-bond acceptors (Lipinski definition) is 3. The van der Waals surface area contributed by atoms with E-state index in [0.29, 0.717) is 22.2 Å². The minimum atomic E-state index is 0.0720. The first kappa shape index (κ1) is 16.8. The maximum absolute atomic E-state index is 12.3. The van der Waals surface area contributed by atoms with Gasteiger partial charge in [-0.3, -0.25) is 9.69 Å². The quantitative estimate of drug-likeness (QED) is 0.773. The topological polar surface area (TPSA) is 23.6 Å². The Morgan fingerprint density at radius 2 is 1.95 bits per heavy atom. The van der Waals surface area contributed by atoms with Gasteiger partial charge in [-0.1, -0.05) is 23.2 Å². The second kappa shape index (κ2) is 7.59. The minimum Gasteiger partial charge on any atom is -0.309 e. The van der Waals surface area contributed by atoms with Crippen LogP contribution >= 0.6 is 23.2 Å². The molecule has 0 aromatic heterocycles. The van der Waals surface area contributed by atoms with Crippen molar-refractivity contribution in [3.8, 4) is 0 Å². The number of halogens is 2. The summed E-state index contributed by atoms with van der Waals surface area (Å²) in [6.45, 7) is 3.53. The smallest absolute Gasteiger partial charge is 0.178 e. The number of piperidine rings is 1. The third-order valence-electron chi connectivity index (χ3n) is 3.93. The zero-order chi connectivity index (χ0) is 15.4. The Hall–Kier alpha value is -0.610. The molecule has 0 aliphatic carbocycles. The van der Waals surface area contributed by atoms with E-state index in [-0.39, 0.29) is 5.78 Å². The van der Waals surface area contributed by atoms with Gasteiger partial charge in [-0.2, -0.15) is 0 Å². The van der Waals surface area contributed by atoms with Crippen LogP contribution in [0.15, 0.2) is 18.2 Å². The number of carbonyl (C=O) groups excluding carboxylic acids is 1. The highest BCUT2D eigenvalue weighted by atomic mass is 35.5. The van der Waals surface area contributed by atoms with Crippen molar-refractivity contribution in [2.24, 2.45) is 5.92 Å². The average molecular weight is 329 g/mol. The molecule has 0 saturated carbocycles. The van der Waals surface area contributed by atoms with E-state index in [9.17, 15) is 4.79 Å². The number of Topliss-reactive ketones (excluding diaryl/α,β-unsaturated/α-hetero) is 1. The summed E-state index contributed by atoms with van der Waals surface area (Å²) in [5, 5.41) is 0.996. The Balaban J connectivity index is 1.87. The van der Waals surface area contributed by atoms with Gasteiger partial charge in [-0.05, 0) is 64.1 Å². The van der Waals surface area contributed by atoms with Gasteiger partial charge in [-0.25, -0.2) is 0 Å². The Morgan fingerprint density at radius 3 is 2.52 bits per heavy atom. The SMILES string of the molecule is CN(C)CC1CCN(CC(=O)c2ccc(Cl)cc2Cl)CC1. The summed E-state index contributed by atoms with van der Waals surface area (Å²) in [6.07, 6.45) is 2.31. The van der Waals surface area contributed by atoms with E-state index in [4.69, 9.17) is 23.2 Å². The van der Waals surface area contributed by atoms with Crippen molar-refractivity contribution in [3.05, 3.63) is 33.8 Å². The van der Waals surface area contributed by atoms with Crippen LogP contribution in [0.5, 0.6) is 0 Å². The van der Waals surface area contributed by atoms with Gasteiger partial charge in [0.15, 0.2) is 5.78 Å². The minimum absolute atomic E-state index is 0.0720. The molecule has 1 heterocycles. The molecule has 3 nitrogen and oxygen atoms in total. The molecule has 1 saturated heterocycles. The lowest BCUT2D eigenvalue weighted by Gasteiger charge is -2.32. The third-order valence-corrected chi connectivity index (χ3v) is 4.48. The third kappa shape index (κ3) is 4.96. The lowest BCUT2D eigenvalue weighted by atomic mass is 9.96. The number of rotatable bonds is 5. The van der Waals surface area contributed by atoms with Crippen molar-refractivity contribution in [3.63, 3.8) is 0 Å². The highest BCUT2D eigenvalue weighted by molar-refractivity contribution is 6.36. The van der Waals surface area contributed by atoms with Crippen LogP contribution in [0.4, 0.5) is 0 Å². The second-order valence-corrected chi connectivity index (χ2v) is 6.87. The van der Waals surface area contributed by atoms with Crippen molar-refractivity contribution in [2.75, 3.05) is 40.3 Å². The van der Waals surface area contributed by atoms with Crippen molar-refractivity contribution in [2.45, 2.75) is 12.8 Å². The second-order valence-electron chi connectivity index (χ2n) is 6.03. The van der Waals surface area contributed by atoms with Gasteiger partial charge >= 0.3 is 0 Å². The standard InChI is InChI=1S/C16H22Cl2N2O/c1-19(2)10-12-5-7-20(8-6-12)11-16(21)14-4-3-13(17)9-15(14)18/h3-4,9,12H,5-8,10-11H2,1-2H3. The van der Waals surface area contributed by atoms with Gasteiger partial charge in [0.05, 0.1) is 11.6 Å². The summed E-state index contributed by atoms with van der Waals surface area (Å²) < 4.78 is 0. The van der Waals surface area contributed by atoms with E-state index in [1.54, 1.807) is 18.2 Å². The van der Waals surface area contributed by atoms with Crippen LogP contribution in [0.25, 0.3) is 0 Å². The summed E-state index contributed by atoms with van der Waals surface area (Å²) in [5.74, 6) is 0.813. The molecular formula is C16H22Cl2N2O. The monoisotopic (exact) mass is 328 g/mol. The van der Waals surface area contributed by atoms with E-state index in [2.05, 4.69) is 23.9 Å². The normalized spacial score (nSPS) is 17.4. The van der Waals surface area contributed by atoms with Crippen LogP contribution in [0.1, 0.15) is 23.2 Å². The Bertz CT molecular complexity index is 497. The van der Waals surface area contributed by atoms with E-state index < -0.39 is 0 Å². The first-order valence-electron chi connectivity index (χ1n) is 7.31. The molecule has 1 aromatic carbocycles. The number of hydrogen-bond donors (Lipinski definition) is 0. The van der Waals surface area contributed by atoms with Gasteiger partial charge in [0.1, 0.15) is 0 Å². The van der Waals surface area contributed by atoms with E-state index in [1.807, 2.05) is 0 Å². The van der Waals surface area contributed by atoms with Gasteiger partial charge in [0.2, 0.25) is 0 Å². The maximum atomic E-state index is 12.3. The zero-order valence-electron chi connectivity index (χ0n) is 12.6. The molecule has 0 bridgehead atoms. The van der Waals surface area contributed by atoms with Crippen LogP contribution in [0.3, 0.4) is 0 Å². The number of ketones is 1. The van der Waals surface area contributed by atoms with Crippen LogP contribution in [-0.4, -0.2) is 55.9 Å². The van der Waals surface area contributed by atoms with Crippen LogP contribution < -0.4 is 0 Å². The van der Waals surface area contributed by atoms with Crippen molar-refractivity contribution < 1.29 is 4.79 Å². The summed E-state index contributed by atoms with van der Waals surface area (Å²) >= 11 is 12.0. The van der Waals surface area contributed by atoms with E-state index >= 15 is 0 Å². The number of nitrogens with zero attached hydrogens (tertiary/aromatic N) is 2. The molecule has 1 aliphatic rings. The number of likely N-dealkylation sites (tertiary alicyclic amines) is 1. The Labute approximate surface area is 136 Å². The van der Waals surface area contributed by atoms with Crippen molar-refractivity contribution in [1.29, 1.82) is 0 Å². The van der Waals surface area contributed by atoms with Crippen molar-refractivity contribution >= 4 is 29.0 Å². The summed E-state index contributed by atoms with van der Waals surface area (Å²) in [4.78, 5) is 16.8. The molecule has 0 radical (unpaired) electrons. The molecule has 5 heteroatoms. The largest absolute Gasteiger partial charge is 0.309 e. The lowest BCUT2D eigenvalue weighted by molar-refractivity contribution is 0.0886. The Kier molecular flexibility index (Phi) is 6.06. The predicted octanol–water partition coefficient (Wildman–Crippen LogP) is 3.45. The Morgan fingerprint density at radius 1 is 1.29 bits per heavy atom. The molecule has 2 rings (SSSR count). The highest BCUT2D eigenvalue weighted by Gasteiger charge is 2.22. The van der Waals surface area contributed by atoms with Gasteiger partial charge in [-0.15, -0.1) is 0 Å². The maximum Gasteiger partial charge on any atom is 0.178 e. The molecule has 0 atom stereocenters. The zero-order valence-corrected chi connectivity index (χ0v) is 14.1. The fourth-order valence-electron chi connectivity index (χ4n) is 2.85. The molecule has 1 fully saturated rings. The van der Waals surface area contributed by atoms with E-state index in [0.717, 1.165) is 38.4 Å². The summed E-state index contributed by atoms with van der Waals surface area (Å²) in [5.41, 5.74) is 0.566. The average Bonchev–Trinajstić information content (AvgIpc) is 2.40. The molecule has 0 N–H and O–H groups in total. The first-order chi connectivity index (χ1) is 9.95. The van der Waals surface area contributed by atoms with Gasteiger partial charge in [0.25, 0.3) is 0 Å². The van der Waals surface area contributed by atoms with E-state index in [1.165, 1.54) is 0 Å². The van der Waals surface area contributed by atoms with Crippen LogP contribution in [-0.2, 0) is 0 Å². The van der Waals surface area contributed by atoms with Gasteiger partial charge in [0, 0.05) is 17.1 Å². The molecule has 0 unspecified atom stereocenters. The lowest BCUT2D eigenvalue weighted by Crippen LogP contribution is -2.39. The number of carbonyl (C=O) groups is 1. The summed E-state index contributed by atoms with van der Waals surface area (Å²) in [7, 11) is 4.22.